The summed E-state index contributed by atoms with van der Waals surface area (Å²) in [7, 11) is 0. The summed E-state index contributed by atoms with van der Waals surface area (Å²) >= 11 is 5.77. The van der Waals surface area contributed by atoms with E-state index in [0.717, 1.165) is 5.39 Å². The van der Waals surface area contributed by atoms with Crippen molar-refractivity contribution in [3.63, 3.8) is 0 Å². The topological polar surface area (TPSA) is 64.4 Å². The van der Waals surface area contributed by atoms with Crippen molar-refractivity contribution in [2.45, 2.75) is 0 Å². The first-order valence-corrected chi connectivity index (χ1v) is 6.63. The van der Waals surface area contributed by atoms with E-state index in [-0.39, 0.29) is 12.5 Å². The molecular formula is C15H11ClN2O3. The van der Waals surface area contributed by atoms with Crippen molar-refractivity contribution in [2.75, 3.05) is 11.9 Å². The average Bonchev–Trinajstić information content (AvgIpc) is 2.90. The summed E-state index contributed by atoms with van der Waals surface area (Å²) in [6, 6.07) is 14.1. The number of fused-ring (bicyclic) bond motifs is 1. The Bertz CT molecular complexity index is 768. The van der Waals surface area contributed by atoms with Crippen molar-refractivity contribution in [2.24, 2.45) is 0 Å². The van der Waals surface area contributed by atoms with Gasteiger partial charge in [-0.25, -0.2) is 0 Å². The van der Waals surface area contributed by atoms with Gasteiger partial charge in [0.15, 0.2) is 18.0 Å². The number of hydrogen-bond donors (Lipinski definition) is 1. The Balaban J connectivity index is 1.62. The monoisotopic (exact) mass is 302 g/mol. The van der Waals surface area contributed by atoms with Crippen molar-refractivity contribution in [3.8, 4) is 5.75 Å². The SMILES string of the molecule is O=C(COc1ccc(Cl)cc1)Nc1noc2ccccc12. The van der Waals surface area contributed by atoms with Gasteiger partial charge in [-0.2, -0.15) is 0 Å². The highest BCUT2D eigenvalue weighted by atomic mass is 35.5. The van der Waals surface area contributed by atoms with Crippen molar-refractivity contribution >= 4 is 34.3 Å². The summed E-state index contributed by atoms with van der Waals surface area (Å²) in [6.45, 7) is -0.122. The third-order valence-corrected chi connectivity index (χ3v) is 3.07. The van der Waals surface area contributed by atoms with Crippen LogP contribution in [0.3, 0.4) is 0 Å². The molecule has 2 aromatic carbocycles. The minimum Gasteiger partial charge on any atom is -0.484 e. The Morgan fingerprint density at radius 3 is 2.76 bits per heavy atom. The Morgan fingerprint density at radius 2 is 1.95 bits per heavy atom. The zero-order chi connectivity index (χ0) is 14.7. The number of benzene rings is 2. The lowest BCUT2D eigenvalue weighted by atomic mass is 10.2. The third kappa shape index (κ3) is 3.14. The number of halogens is 1. The fourth-order valence-corrected chi connectivity index (χ4v) is 1.95. The molecule has 106 valence electrons. The van der Waals surface area contributed by atoms with E-state index < -0.39 is 0 Å². The predicted molar refractivity (Wildman–Crippen MR) is 79.6 cm³/mol. The van der Waals surface area contributed by atoms with Gasteiger partial charge in [-0.05, 0) is 36.4 Å². The van der Waals surface area contributed by atoms with Crippen LogP contribution < -0.4 is 10.1 Å². The molecule has 0 saturated heterocycles. The summed E-state index contributed by atoms with van der Waals surface area (Å²) in [5.74, 6) is 0.638. The van der Waals surface area contributed by atoms with Crippen LogP contribution in [0.1, 0.15) is 0 Å². The Hall–Kier alpha value is -2.53. The van der Waals surface area contributed by atoms with Crippen LogP contribution in [0.5, 0.6) is 5.75 Å². The Labute approximate surface area is 125 Å². The molecule has 5 nitrogen and oxygen atoms in total. The second-order valence-electron chi connectivity index (χ2n) is 4.32. The third-order valence-electron chi connectivity index (χ3n) is 2.82. The van der Waals surface area contributed by atoms with E-state index in [1.54, 1.807) is 30.3 Å². The number of ether oxygens (including phenoxy) is 1. The molecule has 0 radical (unpaired) electrons. The van der Waals surface area contributed by atoms with E-state index in [0.29, 0.717) is 22.2 Å². The van der Waals surface area contributed by atoms with Crippen molar-refractivity contribution < 1.29 is 14.1 Å². The lowest BCUT2D eigenvalue weighted by Crippen LogP contribution is -2.20. The van der Waals surface area contributed by atoms with E-state index in [1.807, 2.05) is 18.2 Å². The second kappa shape index (κ2) is 5.85. The molecule has 0 bridgehead atoms. The molecular weight excluding hydrogens is 292 g/mol. The maximum absolute atomic E-state index is 11.9. The minimum atomic E-state index is -0.316. The number of hydrogen-bond acceptors (Lipinski definition) is 4. The van der Waals surface area contributed by atoms with Crippen LogP contribution in [-0.4, -0.2) is 17.7 Å². The number of aromatic nitrogens is 1. The molecule has 6 heteroatoms. The molecule has 0 aliphatic carbocycles. The predicted octanol–water partition coefficient (Wildman–Crippen LogP) is 3.50. The van der Waals surface area contributed by atoms with E-state index in [9.17, 15) is 4.79 Å². The van der Waals surface area contributed by atoms with Crippen LogP contribution in [-0.2, 0) is 4.79 Å². The van der Waals surface area contributed by atoms with Gasteiger partial charge in [-0.1, -0.05) is 28.9 Å². The second-order valence-corrected chi connectivity index (χ2v) is 4.75. The van der Waals surface area contributed by atoms with E-state index >= 15 is 0 Å². The van der Waals surface area contributed by atoms with E-state index in [4.69, 9.17) is 20.9 Å². The zero-order valence-corrected chi connectivity index (χ0v) is 11.6. The highest BCUT2D eigenvalue weighted by Gasteiger charge is 2.11. The smallest absolute Gasteiger partial charge is 0.263 e. The number of carbonyl (C=O) groups is 1. The van der Waals surface area contributed by atoms with Crippen LogP contribution in [0.15, 0.2) is 53.1 Å². The molecule has 3 rings (SSSR count). The molecule has 21 heavy (non-hydrogen) atoms. The van der Waals surface area contributed by atoms with Gasteiger partial charge in [0, 0.05) is 5.02 Å². The van der Waals surface area contributed by atoms with Gasteiger partial charge in [-0.15, -0.1) is 0 Å². The largest absolute Gasteiger partial charge is 0.484 e. The Kier molecular flexibility index (Phi) is 3.75. The molecule has 0 aliphatic rings. The van der Waals surface area contributed by atoms with Crippen LogP contribution in [0.2, 0.25) is 5.02 Å². The van der Waals surface area contributed by atoms with Crippen molar-refractivity contribution in [1.29, 1.82) is 0 Å². The number of nitrogens with zero attached hydrogens (tertiary/aromatic N) is 1. The van der Waals surface area contributed by atoms with Gasteiger partial charge in [-0.3, -0.25) is 4.79 Å². The lowest BCUT2D eigenvalue weighted by Gasteiger charge is -2.05. The highest BCUT2D eigenvalue weighted by molar-refractivity contribution is 6.30. The summed E-state index contributed by atoms with van der Waals surface area (Å²) in [5, 5.41) is 7.83. The number of anilines is 1. The molecule has 0 aliphatic heterocycles. The summed E-state index contributed by atoms with van der Waals surface area (Å²) < 4.78 is 10.5. The van der Waals surface area contributed by atoms with Crippen LogP contribution >= 0.6 is 11.6 Å². The molecule has 1 aromatic heterocycles. The molecule has 3 aromatic rings. The van der Waals surface area contributed by atoms with Crippen molar-refractivity contribution in [1.82, 2.24) is 5.16 Å². The Morgan fingerprint density at radius 1 is 1.19 bits per heavy atom. The molecule has 1 heterocycles. The molecule has 0 spiro atoms. The van der Waals surface area contributed by atoms with Gasteiger partial charge >= 0.3 is 0 Å². The number of carbonyl (C=O) groups excluding carboxylic acids is 1. The van der Waals surface area contributed by atoms with Gasteiger partial charge in [0.05, 0.1) is 5.39 Å². The quantitative estimate of drug-likeness (QED) is 0.801. The summed E-state index contributed by atoms with van der Waals surface area (Å²) in [4.78, 5) is 11.9. The average molecular weight is 303 g/mol. The highest BCUT2D eigenvalue weighted by Crippen LogP contribution is 2.22. The number of para-hydroxylation sites is 1. The zero-order valence-electron chi connectivity index (χ0n) is 10.9. The molecule has 0 saturated carbocycles. The number of nitrogens with one attached hydrogen (secondary N) is 1. The van der Waals surface area contributed by atoms with Crippen molar-refractivity contribution in [3.05, 3.63) is 53.6 Å². The first-order valence-electron chi connectivity index (χ1n) is 6.25. The van der Waals surface area contributed by atoms with Gasteiger partial charge < -0.3 is 14.6 Å². The standard InChI is InChI=1S/C15H11ClN2O3/c16-10-5-7-11(8-6-10)20-9-14(19)17-15-12-3-1-2-4-13(12)21-18-15/h1-8H,9H2,(H,17,18,19). The number of amides is 1. The fraction of sp³-hybridized carbons (Fsp3) is 0.0667. The molecule has 0 fully saturated rings. The first kappa shape index (κ1) is 13.5. The van der Waals surface area contributed by atoms with E-state index in [1.165, 1.54) is 0 Å². The maximum Gasteiger partial charge on any atom is 0.263 e. The van der Waals surface area contributed by atoms with Gasteiger partial charge in [0.2, 0.25) is 0 Å². The summed E-state index contributed by atoms with van der Waals surface area (Å²) in [5.41, 5.74) is 0.617. The molecule has 0 unspecified atom stereocenters. The maximum atomic E-state index is 11.9. The van der Waals surface area contributed by atoms with Gasteiger partial charge in [0.25, 0.3) is 5.91 Å². The lowest BCUT2D eigenvalue weighted by molar-refractivity contribution is -0.118. The fourth-order valence-electron chi connectivity index (χ4n) is 1.82. The van der Waals surface area contributed by atoms with Crippen LogP contribution in [0.4, 0.5) is 5.82 Å². The molecule has 1 N–H and O–H groups in total. The normalized spacial score (nSPS) is 10.5. The van der Waals surface area contributed by atoms with E-state index in [2.05, 4.69) is 10.5 Å². The number of rotatable bonds is 4. The minimum absolute atomic E-state index is 0.122. The van der Waals surface area contributed by atoms with Crippen LogP contribution in [0.25, 0.3) is 11.0 Å². The molecule has 1 amide bonds. The van der Waals surface area contributed by atoms with Crippen LogP contribution in [0, 0.1) is 0 Å². The summed E-state index contributed by atoms with van der Waals surface area (Å²) in [6.07, 6.45) is 0. The van der Waals surface area contributed by atoms with Gasteiger partial charge in [0.1, 0.15) is 5.75 Å². The molecule has 0 atom stereocenters. The first-order chi connectivity index (χ1) is 10.2.